The minimum absolute atomic E-state index is 0.0795. The first kappa shape index (κ1) is 10.7. The van der Waals surface area contributed by atoms with E-state index in [0.29, 0.717) is 10.6 Å². The summed E-state index contributed by atoms with van der Waals surface area (Å²) < 4.78 is 25.1. The molecule has 0 unspecified atom stereocenters. The molecule has 5 nitrogen and oxygen atoms in total. The van der Waals surface area contributed by atoms with E-state index in [1.807, 2.05) is 0 Å². The van der Waals surface area contributed by atoms with Crippen molar-refractivity contribution in [2.75, 3.05) is 0 Å². The van der Waals surface area contributed by atoms with Gasteiger partial charge in [0, 0.05) is 0 Å². The van der Waals surface area contributed by atoms with Crippen LogP contribution in [0.3, 0.4) is 0 Å². The lowest BCUT2D eigenvalue weighted by molar-refractivity contribution is 0.597. The predicted molar refractivity (Wildman–Crippen MR) is 60.0 cm³/mol. The van der Waals surface area contributed by atoms with E-state index < -0.39 is 10.0 Å². The third kappa shape index (κ3) is 2.10. The van der Waals surface area contributed by atoms with Gasteiger partial charge < -0.3 is 4.72 Å². The zero-order valence-electron chi connectivity index (χ0n) is 7.27. The molecule has 1 aliphatic heterocycles. The number of fused-ring (bicyclic) bond motifs is 1. The van der Waals surface area contributed by atoms with Gasteiger partial charge in [-0.25, -0.2) is 18.5 Å². The van der Waals surface area contributed by atoms with Crippen molar-refractivity contribution in [3.63, 3.8) is 0 Å². The molecule has 0 atom stereocenters. The number of nitrogens with one attached hydrogen (secondary N) is 1. The van der Waals surface area contributed by atoms with Gasteiger partial charge in [-0.3, -0.25) is 0 Å². The fourth-order valence-corrected chi connectivity index (χ4v) is 2.90. The molecule has 0 fully saturated rings. The molecular formula is C7H6ClN3O2S2. The standard InChI is InChI=1S/C7H6ClN3O2S2/c8-4-1-5-6(14-11-3-10-5)2-7(4)15(9,12)13/h1-3H,(H,10,11)(H2,9,12,13). The molecule has 80 valence electrons. The second-order valence-electron chi connectivity index (χ2n) is 2.77. The van der Waals surface area contributed by atoms with Crippen LogP contribution in [-0.2, 0) is 10.0 Å². The van der Waals surface area contributed by atoms with Gasteiger partial charge in [-0.2, -0.15) is 0 Å². The van der Waals surface area contributed by atoms with Crippen LogP contribution in [0.5, 0.6) is 0 Å². The number of aliphatic imine (C=N–C) groups is 1. The van der Waals surface area contributed by atoms with E-state index in [9.17, 15) is 8.42 Å². The maximum Gasteiger partial charge on any atom is 0.239 e. The molecule has 0 amide bonds. The van der Waals surface area contributed by atoms with E-state index >= 15 is 0 Å². The van der Waals surface area contributed by atoms with E-state index in [2.05, 4.69) is 9.71 Å². The topological polar surface area (TPSA) is 84.6 Å². The van der Waals surface area contributed by atoms with Crippen LogP contribution < -0.4 is 9.86 Å². The Balaban J connectivity index is 2.66. The van der Waals surface area contributed by atoms with Gasteiger partial charge in [0.2, 0.25) is 10.0 Å². The van der Waals surface area contributed by atoms with Gasteiger partial charge in [-0.05, 0) is 24.1 Å². The predicted octanol–water partition coefficient (Wildman–Crippen LogP) is 1.26. The maximum absolute atomic E-state index is 11.2. The van der Waals surface area contributed by atoms with Crippen molar-refractivity contribution < 1.29 is 8.42 Å². The molecule has 0 aliphatic carbocycles. The molecule has 0 spiro atoms. The third-order valence-electron chi connectivity index (χ3n) is 1.75. The zero-order valence-corrected chi connectivity index (χ0v) is 9.66. The fourth-order valence-electron chi connectivity index (χ4n) is 1.11. The second kappa shape index (κ2) is 3.67. The molecule has 8 heteroatoms. The number of nitrogens with two attached hydrogens (primary N) is 1. The van der Waals surface area contributed by atoms with Gasteiger partial charge >= 0.3 is 0 Å². The monoisotopic (exact) mass is 263 g/mol. The largest absolute Gasteiger partial charge is 0.316 e. The van der Waals surface area contributed by atoms with Gasteiger partial charge in [0.1, 0.15) is 4.90 Å². The lowest BCUT2D eigenvalue weighted by atomic mass is 10.3. The minimum Gasteiger partial charge on any atom is -0.316 e. The van der Waals surface area contributed by atoms with Crippen molar-refractivity contribution in [2.45, 2.75) is 9.79 Å². The normalized spacial score (nSPS) is 14.5. The van der Waals surface area contributed by atoms with Gasteiger partial charge in [0.15, 0.2) is 0 Å². The average molecular weight is 264 g/mol. The van der Waals surface area contributed by atoms with E-state index in [4.69, 9.17) is 16.7 Å². The number of nitrogens with zero attached hydrogens (tertiary/aromatic N) is 1. The quantitative estimate of drug-likeness (QED) is 0.747. The maximum atomic E-state index is 11.2. The van der Waals surface area contributed by atoms with Gasteiger partial charge in [0.05, 0.1) is 21.9 Å². The first-order valence-corrected chi connectivity index (χ1v) is 6.54. The Morgan fingerprint density at radius 1 is 1.47 bits per heavy atom. The van der Waals surface area contributed by atoms with Crippen molar-refractivity contribution in [3.8, 4) is 0 Å². The Morgan fingerprint density at radius 3 is 2.87 bits per heavy atom. The van der Waals surface area contributed by atoms with Crippen molar-refractivity contribution >= 4 is 45.6 Å². The summed E-state index contributed by atoms with van der Waals surface area (Å²) in [6.45, 7) is 0. The fraction of sp³-hybridized carbons (Fsp3) is 0. The molecular weight excluding hydrogens is 258 g/mol. The molecule has 2 rings (SSSR count). The number of rotatable bonds is 1. The van der Waals surface area contributed by atoms with Crippen LogP contribution in [0.25, 0.3) is 0 Å². The van der Waals surface area contributed by atoms with Crippen molar-refractivity contribution in [3.05, 3.63) is 17.2 Å². The van der Waals surface area contributed by atoms with Crippen LogP contribution in [0.2, 0.25) is 5.02 Å². The Labute approximate surface area is 95.9 Å². The Morgan fingerprint density at radius 2 is 2.20 bits per heavy atom. The Bertz CT molecular complexity index is 541. The highest BCUT2D eigenvalue weighted by Gasteiger charge is 2.17. The SMILES string of the molecule is NS(=O)(=O)c1cc2c(cc1Cl)N=CNS2. The summed E-state index contributed by atoms with van der Waals surface area (Å²) in [6.07, 6.45) is 1.50. The summed E-state index contributed by atoms with van der Waals surface area (Å²) in [5, 5.41) is 5.09. The third-order valence-corrected chi connectivity index (χ3v) is 3.89. The number of halogens is 1. The first-order chi connectivity index (χ1) is 6.98. The molecule has 1 aromatic rings. The number of benzene rings is 1. The molecule has 3 N–H and O–H groups in total. The smallest absolute Gasteiger partial charge is 0.239 e. The highest BCUT2D eigenvalue weighted by atomic mass is 35.5. The van der Waals surface area contributed by atoms with Crippen LogP contribution in [-0.4, -0.2) is 14.8 Å². The van der Waals surface area contributed by atoms with E-state index in [1.54, 1.807) is 0 Å². The van der Waals surface area contributed by atoms with E-state index in [-0.39, 0.29) is 9.92 Å². The van der Waals surface area contributed by atoms with Crippen molar-refractivity contribution in [2.24, 2.45) is 10.1 Å². The molecule has 1 aromatic carbocycles. The lowest BCUT2D eigenvalue weighted by Crippen LogP contribution is -2.13. The lowest BCUT2D eigenvalue weighted by Gasteiger charge is -2.12. The molecule has 0 saturated heterocycles. The molecule has 0 bridgehead atoms. The van der Waals surface area contributed by atoms with Gasteiger partial charge in [-0.15, -0.1) is 0 Å². The van der Waals surface area contributed by atoms with E-state index in [0.717, 1.165) is 0 Å². The van der Waals surface area contributed by atoms with Crippen LogP contribution in [0.15, 0.2) is 26.9 Å². The number of hydrogen-bond donors (Lipinski definition) is 2. The van der Waals surface area contributed by atoms with Crippen molar-refractivity contribution in [1.82, 2.24) is 4.72 Å². The number of primary sulfonamides is 1. The highest BCUT2D eigenvalue weighted by molar-refractivity contribution is 7.98. The average Bonchev–Trinajstić information content (AvgIpc) is 2.15. The molecule has 1 aliphatic rings. The minimum atomic E-state index is -3.79. The summed E-state index contributed by atoms with van der Waals surface area (Å²) >= 11 is 7.03. The Kier molecular flexibility index (Phi) is 2.63. The summed E-state index contributed by atoms with van der Waals surface area (Å²) in [5.74, 6) is 0. The molecule has 0 radical (unpaired) electrons. The van der Waals surface area contributed by atoms with Gasteiger partial charge in [-0.1, -0.05) is 11.6 Å². The summed E-state index contributed by atoms with van der Waals surface area (Å²) in [7, 11) is -3.79. The Hall–Kier alpha value is -0.760. The van der Waals surface area contributed by atoms with Crippen LogP contribution >= 0.6 is 23.5 Å². The highest BCUT2D eigenvalue weighted by Crippen LogP contribution is 2.36. The second-order valence-corrected chi connectivity index (χ2v) is 5.59. The summed E-state index contributed by atoms with van der Waals surface area (Å²) in [5.41, 5.74) is 0.621. The molecule has 0 saturated carbocycles. The zero-order chi connectivity index (χ0) is 11.1. The molecule has 1 heterocycles. The van der Waals surface area contributed by atoms with Crippen LogP contribution in [0.1, 0.15) is 0 Å². The molecule has 15 heavy (non-hydrogen) atoms. The first-order valence-electron chi connectivity index (χ1n) is 3.80. The summed E-state index contributed by atoms with van der Waals surface area (Å²) in [6, 6.07) is 2.88. The van der Waals surface area contributed by atoms with E-state index in [1.165, 1.54) is 30.4 Å². The van der Waals surface area contributed by atoms with Crippen LogP contribution in [0, 0.1) is 0 Å². The van der Waals surface area contributed by atoms with Gasteiger partial charge in [0.25, 0.3) is 0 Å². The van der Waals surface area contributed by atoms with Crippen LogP contribution in [0.4, 0.5) is 5.69 Å². The number of sulfonamides is 1. The van der Waals surface area contributed by atoms with Crippen molar-refractivity contribution in [1.29, 1.82) is 0 Å². The molecule has 0 aromatic heterocycles. The summed E-state index contributed by atoms with van der Waals surface area (Å²) in [4.78, 5) is 4.58. The number of hydrogen-bond acceptors (Lipinski definition) is 5.